The van der Waals surface area contributed by atoms with Gasteiger partial charge in [0.05, 0.1) is 13.2 Å². The van der Waals surface area contributed by atoms with Crippen molar-refractivity contribution >= 4 is 5.91 Å². The average molecular weight is 325 g/mol. The predicted octanol–water partition coefficient (Wildman–Crippen LogP) is 3.28. The van der Waals surface area contributed by atoms with Crippen LogP contribution >= 0.6 is 0 Å². The van der Waals surface area contributed by atoms with Gasteiger partial charge in [-0.05, 0) is 42.7 Å². The van der Waals surface area contributed by atoms with Crippen molar-refractivity contribution in [2.24, 2.45) is 5.92 Å². The van der Waals surface area contributed by atoms with E-state index >= 15 is 0 Å². The third-order valence-corrected chi connectivity index (χ3v) is 4.67. The highest BCUT2D eigenvalue weighted by atomic mass is 16.5. The largest absolute Gasteiger partial charge is 0.497 e. The first-order chi connectivity index (χ1) is 11.7. The molecule has 0 spiro atoms. The SMILES string of the molecule is COc1ccc(C(O)C2CCCN(C(=O)c3ccccc3)C2)cc1. The summed E-state index contributed by atoms with van der Waals surface area (Å²) in [5.41, 5.74) is 1.58. The summed E-state index contributed by atoms with van der Waals surface area (Å²) in [5.74, 6) is 0.873. The van der Waals surface area contributed by atoms with Gasteiger partial charge in [0.15, 0.2) is 0 Å². The molecule has 2 aromatic carbocycles. The first-order valence-corrected chi connectivity index (χ1v) is 8.35. The van der Waals surface area contributed by atoms with Gasteiger partial charge in [0.25, 0.3) is 5.91 Å². The van der Waals surface area contributed by atoms with Gasteiger partial charge >= 0.3 is 0 Å². The number of benzene rings is 2. The maximum absolute atomic E-state index is 12.6. The molecule has 1 heterocycles. The lowest BCUT2D eigenvalue weighted by atomic mass is 9.88. The second-order valence-corrected chi connectivity index (χ2v) is 6.24. The number of hydrogen-bond acceptors (Lipinski definition) is 3. The number of amides is 1. The number of likely N-dealkylation sites (tertiary alicyclic amines) is 1. The highest BCUT2D eigenvalue weighted by Gasteiger charge is 2.29. The van der Waals surface area contributed by atoms with E-state index in [9.17, 15) is 9.90 Å². The lowest BCUT2D eigenvalue weighted by Gasteiger charge is -2.35. The Morgan fingerprint density at radius 2 is 1.88 bits per heavy atom. The summed E-state index contributed by atoms with van der Waals surface area (Å²) in [6, 6.07) is 16.8. The number of aliphatic hydroxyl groups excluding tert-OH is 1. The average Bonchev–Trinajstić information content (AvgIpc) is 2.67. The van der Waals surface area contributed by atoms with Gasteiger partial charge in [-0.2, -0.15) is 0 Å². The van der Waals surface area contributed by atoms with Gasteiger partial charge in [-0.25, -0.2) is 0 Å². The molecule has 0 aromatic heterocycles. The summed E-state index contributed by atoms with van der Waals surface area (Å²) in [4.78, 5) is 14.5. The lowest BCUT2D eigenvalue weighted by Crippen LogP contribution is -2.41. The summed E-state index contributed by atoms with van der Waals surface area (Å²) in [5, 5.41) is 10.7. The molecule has 3 rings (SSSR count). The van der Waals surface area contributed by atoms with Crippen molar-refractivity contribution in [1.29, 1.82) is 0 Å². The fraction of sp³-hybridized carbons (Fsp3) is 0.350. The van der Waals surface area contributed by atoms with Gasteiger partial charge in [-0.15, -0.1) is 0 Å². The van der Waals surface area contributed by atoms with Crippen LogP contribution < -0.4 is 4.74 Å². The van der Waals surface area contributed by atoms with Crippen LogP contribution in [0.15, 0.2) is 54.6 Å². The molecule has 0 saturated carbocycles. The number of aliphatic hydroxyl groups is 1. The van der Waals surface area contributed by atoms with Crippen LogP contribution in [-0.2, 0) is 0 Å². The molecule has 1 aliphatic rings. The van der Waals surface area contributed by atoms with Crippen molar-refractivity contribution in [2.45, 2.75) is 18.9 Å². The molecule has 1 amide bonds. The van der Waals surface area contributed by atoms with Crippen molar-refractivity contribution in [1.82, 2.24) is 4.90 Å². The molecule has 1 saturated heterocycles. The van der Waals surface area contributed by atoms with Gasteiger partial charge < -0.3 is 14.7 Å². The van der Waals surface area contributed by atoms with Gasteiger partial charge in [-0.1, -0.05) is 30.3 Å². The molecule has 0 radical (unpaired) electrons. The van der Waals surface area contributed by atoms with E-state index in [4.69, 9.17) is 4.74 Å². The smallest absolute Gasteiger partial charge is 0.253 e. The third kappa shape index (κ3) is 3.60. The molecule has 1 N–H and O–H groups in total. The van der Waals surface area contributed by atoms with Crippen LogP contribution in [-0.4, -0.2) is 36.1 Å². The number of rotatable bonds is 4. The molecule has 0 aliphatic carbocycles. The molecule has 2 aromatic rings. The number of nitrogens with zero attached hydrogens (tertiary/aromatic N) is 1. The predicted molar refractivity (Wildman–Crippen MR) is 93.0 cm³/mol. The second-order valence-electron chi connectivity index (χ2n) is 6.24. The van der Waals surface area contributed by atoms with Crippen LogP contribution in [0.3, 0.4) is 0 Å². The summed E-state index contributed by atoms with van der Waals surface area (Å²) in [6.45, 7) is 1.33. The third-order valence-electron chi connectivity index (χ3n) is 4.67. The van der Waals surface area contributed by atoms with Gasteiger partial charge in [0.2, 0.25) is 0 Å². The van der Waals surface area contributed by atoms with Crippen molar-refractivity contribution in [3.63, 3.8) is 0 Å². The zero-order valence-electron chi connectivity index (χ0n) is 13.9. The molecule has 0 bridgehead atoms. The monoisotopic (exact) mass is 325 g/mol. The van der Waals surface area contributed by atoms with Crippen LogP contribution in [0.5, 0.6) is 5.75 Å². The standard InChI is InChI=1S/C20H23NO3/c1-24-18-11-9-15(10-12-18)19(22)17-8-5-13-21(14-17)20(23)16-6-3-2-4-7-16/h2-4,6-7,9-12,17,19,22H,5,8,13-14H2,1H3. The molecule has 1 fully saturated rings. The van der Waals surface area contributed by atoms with Crippen molar-refractivity contribution in [3.05, 3.63) is 65.7 Å². The van der Waals surface area contributed by atoms with E-state index in [0.717, 1.165) is 30.7 Å². The second kappa shape index (κ2) is 7.49. The number of ether oxygens (including phenoxy) is 1. The maximum atomic E-state index is 12.6. The first kappa shape index (κ1) is 16.5. The minimum Gasteiger partial charge on any atom is -0.497 e. The van der Waals surface area contributed by atoms with Crippen molar-refractivity contribution in [2.75, 3.05) is 20.2 Å². The van der Waals surface area contributed by atoms with E-state index in [1.54, 1.807) is 7.11 Å². The topological polar surface area (TPSA) is 49.8 Å². The summed E-state index contributed by atoms with van der Waals surface area (Å²) >= 11 is 0. The van der Waals surface area contributed by atoms with E-state index in [1.165, 1.54) is 0 Å². The van der Waals surface area contributed by atoms with Crippen LogP contribution in [0.2, 0.25) is 0 Å². The maximum Gasteiger partial charge on any atom is 0.253 e. The Morgan fingerprint density at radius 3 is 2.54 bits per heavy atom. The molecular formula is C20H23NO3. The Balaban J connectivity index is 1.69. The fourth-order valence-electron chi connectivity index (χ4n) is 3.29. The van der Waals surface area contributed by atoms with E-state index in [-0.39, 0.29) is 11.8 Å². The molecule has 4 heteroatoms. The van der Waals surface area contributed by atoms with E-state index in [2.05, 4.69) is 0 Å². The van der Waals surface area contributed by atoms with Crippen molar-refractivity contribution in [3.8, 4) is 5.75 Å². The zero-order valence-corrected chi connectivity index (χ0v) is 13.9. The number of hydrogen-bond donors (Lipinski definition) is 1. The van der Waals surface area contributed by atoms with Crippen molar-refractivity contribution < 1.29 is 14.6 Å². The highest BCUT2D eigenvalue weighted by Crippen LogP contribution is 2.31. The van der Waals surface area contributed by atoms with Crippen LogP contribution in [0.1, 0.15) is 34.9 Å². The summed E-state index contributed by atoms with van der Waals surface area (Å²) < 4.78 is 5.16. The normalized spacial score (nSPS) is 18.9. The lowest BCUT2D eigenvalue weighted by molar-refractivity contribution is 0.0401. The Bertz CT molecular complexity index is 669. The number of piperidine rings is 1. The molecule has 1 aliphatic heterocycles. The number of carbonyl (C=O) groups excluding carboxylic acids is 1. The molecule has 126 valence electrons. The molecule has 24 heavy (non-hydrogen) atoms. The molecule has 2 unspecified atom stereocenters. The van der Waals surface area contributed by atoms with Gasteiger partial charge in [0.1, 0.15) is 5.75 Å². The van der Waals surface area contributed by atoms with E-state index < -0.39 is 6.10 Å². The minimum atomic E-state index is -0.567. The number of methoxy groups -OCH3 is 1. The number of carbonyl (C=O) groups is 1. The van der Waals surface area contributed by atoms with Crippen LogP contribution in [0.25, 0.3) is 0 Å². The van der Waals surface area contributed by atoms with Gasteiger partial charge in [0, 0.05) is 24.6 Å². The van der Waals surface area contributed by atoms with Crippen LogP contribution in [0, 0.1) is 5.92 Å². The Kier molecular flexibility index (Phi) is 5.16. The summed E-state index contributed by atoms with van der Waals surface area (Å²) in [7, 11) is 1.62. The Morgan fingerprint density at radius 1 is 1.17 bits per heavy atom. The molecule has 2 atom stereocenters. The zero-order chi connectivity index (χ0) is 16.9. The van der Waals surface area contributed by atoms with Gasteiger partial charge in [-0.3, -0.25) is 4.79 Å². The quantitative estimate of drug-likeness (QED) is 0.938. The highest BCUT2D eigenvalue weighted by molar-refractivity contribution is 5.94. The van der Waals surface area contributed by atoms with Crippen LogP contribution in [0.4, 0.5) is 0 Å². The fourth-order valence-corrected chi connectivity index (χ4v) is 3.29. The Hall–Kier alpha value is -2.33. The van der Waals surface area contributed by atoms with E-state index in [1.807, 2.05) is 59.5 Å². The Labute approximate surface area is 142 Å². The summed E-state index contributed by atoms with van der Waals surface area (Å²) in [6.07, 6.45) is 1.27. The minimum absolute atomic E-state index is 0.0437. The van der Waals surface area contributed by atoms with E-state index in [0.29, 0.717) is 12.1 Å². The first-order valence-electron chi connectivity index (χ1n) is 8.35. The molecular weight excluding hydrogens is 302 g/mol. The molecule has 4 nitrogen and oxygen atoms in total.